The lowest BCUT2D eigenvalue weighted by molar-refractivity contribution is -0.123. The van der Waals surface area contributed by atoms with Crippen LogP contribution in [0.1, 0.15) is 19.5 Å². The first-order valence-corrected chi connectivity index (χ1v) is 6.40. The predicted molar refractivity (Wildman–Crippen MR) is 73.3 cm³/mol. The molecule has 0 aliphatic heterocycles. The van der Waals surface area contributed by atoms with Gasteiger partial charge in [-0.05, 0) is 25.0 Å². The smallest absolute Gasteiger partial charge is 0.257 e. The quantitative estimate of drug-likeness (QED) is 0.892. The number of aromatic nitrogens is 2. The van der Waals surface area contributed by atoms with Gasteiger partial charge in [0.1, 0.15) is 0 Å². The summed E-state index contributed by atoms with van der Waals surface area (Å²) in [5, 5.41) is 2.81. The number of ether oxygens (including phenoxy) is 1. The summed E-state index contributed by atoms with van der Waals surface area (Å²) in [5.74, 6) is 0.941. The van der Waals surface area contributed by atoms with Crippen molar-refractivity contribution in [3.05, 3.63) is 30.2 Å². The summed E-state index contributed by atoms with van der Waals surface area (Å²) >= 11 is 0. The summed E-state index contributed by atoms with van der Waals surface area (Å²) in [6.07, 6.45) is 3.82. The number of hydrogen-bond donors (Lipinski definition) is 1. The van der Waals surface area contributed by atoms with Crippen molar-refractivity contribution in [1.82, 2.24) is 14.7 Å². The third kappa shape index (κ3) is 3.47. The van der Waals surface area contributed by atoms with Crippen molar-refractivity contribution in [2.45, 2.75) is 20.8 Å². The van der Waals surface area contributed by atoms with Crippen LogP contribution in [-0.4, -0.2) is 28.4 Å². The minimum Gasteiger partial charge on any atom is -0.480 e. The lowest BCUT2D eigenvalue weighted by atomic mass is 10.2. The molecule has 0 atom stereocenters. The largest absolute Gasteiger partial charge is 0.480 e. The molecule has 0 aromatic carbocycles. The van der Waals surface area contributed by atoms with Crippen molar-refractivity contribution in [3.8, 4) is 5.75 Å². The number of carbonyl (C=O) groups excluding carboxylic acids is 1. The third-order valence-electron chi connectivity index (χ3n) is 2.63. The Kier molecular flexibility index (Phi) is 4.04. The summed E-state index contributed by atoms with van der Waals surface area (Å²) in [4.78, 5) is 16.0. The average Bonchev–Trinajstić information content (AvgIpc) is 2.74. The highest BCUT2D eigenvalue weighted by atomic mass is 16.5. The van der Waals surface area contributed by atoms with Gasteiger partial charge in [0.15, 0.2) is 18.0 Å². The molecule has 0 fully saturated rings. The Morgan fingerprint density at radius 3 is 3.05 bits per heavy atom. The lowest BCUT2D eigenvalue weighted by Crippen LogP contribution is -2.31. The van der Waals surface area contributed by atoms with Crippen molar-refractivity contribution in [3.63, 3.8) is 0 Å². The fourth-order valence-corrected chi connectivity index (χ4v) is 1.73. The van der Waals surface area contributed by atoms with E-state index in [2.05, 4.69) is 24.1 Å². The van der Waals surface area contributed by atoms with Gasteiger partial charge in [-0.25, -0.2) is 4.98 Å². The maximum atomic E-state index is 11.6. The van der Waals surface area contributed by atoms with E-state index in [1.807, 2.05) is 35.9 Å². The first-order valence-electron chi connectivity index (χ1n) is 6.40. The standard InChI is InChI=1S/C14H19N3O2/c1-10(2)7-15-13(18)9-19-12-5-4-6-17-8-11(3)16-14(12)17/h4-6,8,10H,7,9H2,1-3H3,(H,15,18). The van der Waals surface area contributed by atoms with E-state index in [9.17, 15) is 4.79 Å². The Hall–Kier alpha value is -2.04. The molecule has 2 heterocycles. The van der Waals surface area contributed by atoms with Gasteiger partial charge in [0, 0.05) is 18.9 Å². The second kappa shape index (κ2) is 5.73. The van der Waals surface area contributed by atoms with Crippen LogP contribution in [0.4, 0.5) is 0 Å². The molecule has 0 spiro atoms. The number of amides is 1. The first-order chi connectivity index (χ1) is 9.06. The number of fused-ring (bicyclic) bond motifs is 1. The van der Waals surface area contributed by atoms with Gasteiger partial charge >= 0.3 is 0 Å². The maximum Gasteiger partial charge on any atom is 0.257 e. The average molecular weight is 261 g/mol. The van der Waals surface area contributed by atoms with Crippen molar-refractivity contribution in [2.24, 2.45) is 5.92 Å². The highest BCUT2D eigenvalue weighted by molar-refractivity contribution is 5.77. The predicted octanol–water partition coefficient (Wildman–Crippen LogP) is 1.79. The lowest BCUT2D eigenvalue weighted by Gasteiger charge is -2.09. The van der Waals surface area contributed by atoms with Gasteiger partial charge in [-0.1, -0.05) is 13.8 Å². The Morgan fingerprint density at radius 2 is 2.32 bits per heavy atom. The molecule has 5 heteroatoms. The van der Waals surface area contributed by atoms with Crippen LogP contribution in [0.3, 0.4) is 0 Å². The molecular formula is C14H19N3O2. The monoisotopic (exact) mass is 261 g/mol. The number of pyridine rings is 1. The molecule has 0 saturated carbocycles. The zero-order valence-corrected chi connectivity index (χ0v) is 11.5. The van der Waals surface area contributed by atoms with Gasteiger partial charge in [0.05, 0.1) is 5.69 Å². The van der Waals surface area contributed by atoms with Gasteiger partial charge in [-0.15, -0.1) is 0 Å². The number of nitrogens with zero attached hydrogens (tertiary/aromatic N) is 2. The molecule has 0 bridgehead atoms. The topological polar surface area (TPSA) is 55.6 Å². The molecule has 1 N–H and O–H groups in total. The number of rotatable bonds is 5. The summed E-state index contributed by atoms with van der Waals surface area (Å²) in [5.41, 5.74) is 1.65. The molecule has 0 aliphatic rings. The normalized spacial score (nSPS) is 10.9. The summed E-state index contributed by atoms with van der Waals surface area (Å²) in [7, 11) is 0. The molecule has 5 nitrogen and oxygen atoms in total. The first kappa shape index (κ1) is 13.4. The number of hydrogen-bond acceptors (Lipinski definition) is 3. The van der Waals surface area contributed by atoms with Crippen molar-refractivity contribution in [1.29, 1.82) is 0 Å². The summed E-state index contributed by atoms with van der Waals surface area (Å²) in [6, 6.07) is 3.69. The number of aryl methyl sites for hydroxylation is 1. The molecule has 0 saturated heterocycles. The highest BCUT2D eigenvalue weighted by Crippen LogP contribution is 2.18. The van der Waals surface area contributed by atoms with Gasteiger partial charge < -0.3 is 14.5 Å². The molecule has 0 aliphatic carbocycles. The van der Waals surface area contributed by atoms with Crippen molar-refractivity contribution in [2.75, 3.05) is 13.2 Å². The molecule has 102 valence electrons. The second-order valence-electron chi connectivity index (χ2n) is 4.97. The van der Waals surface area contributed by atoms with E-state index >= 15 is 0 Å². The third-order valence-corrected chi connectivity index (χ3v) is 2.63. The SMILES string of the molecule is Cc1cn2cccc(OCC(=O)NCC(C)C)c2n1. The van der Waals surface area contributed by atoms with Gasteiger partial charge in [-0.2, -0.15) is 0 Å². The molecule has 1 amide bonds. The van der Waals surface area contributed by atoms with Crippen LogP contribution >= 0.6 is 0 Å². The zero-order chi connectivity index (χ0) is 13.8. The van der Waals surface area contributed by atoms with Gasteiger partial charge in [0.25, 0.3) is 5.91 Å². The Bertz CT molecular complexity index is 575. The van der Waals surface area contributed by atoms with Crippen LogP contribution in [0, 0.1) is 12.8 Å². The Balaban J connectivity index is 1.99. The minimum atomic E-state index is -0.112. The fourth-order valence-electron chi connectivity index (χ4n) is 1.73. The molecule has 2 rings (SSSR count). The number of nitrogens with one attached hydrogen (secondary N) is 1. The van der Waals surface area contributed by atoms with Crippen LogP contribution in [0.25, 0.3) is 5.65 Å². The van der Waals surface area contributed by atoms with Gasteiger partial charge in [0.2, 0.25) is 0 Å². The number of carbonyl (C=O) groups is 1. The van der Waals surface area contributed by atoms with Crippen LogP contribution in [0.15, 0.2) is 24.5 Å². The van der Waals surface area contributed by atoms with Crippen LogP contribution in [0.5, 0.6) is 5.75 Å². The van der Waals surface area contributed by atoms with E-state index in [4.69, 9.17) is 4.74 Å². The van der Waals surface area contributed by atoms with E-state index in [1.165, 1.54) is 0 Å². The van der Waals surface area contributed by atoms with Crippen LogP contribution in [-0.2, 0) is 4.79 Å². The Labute approximate surface area is 112 Å². The molecule has 0 radical (unpaired) electrons. The fraction of sp³-hybridized carbons (Fsp3) is 0.429. The minimum absolute atomic E-state index is 0.0122. The van der Waals surface area contributed by atoms with Gasteiger partial charge in [-0.3, -0.25) is 4.79 Å². The van der Waals surface area contributed by atoms with E-state index in [0.29, 0.717) is 18.2 Å². The zero-order valence-electron chi connectivity index (χ0n) is 11.5. The molecule has 0 unspecified atom stereocenters. The summed E-state index contributed by atoms with van der Waals surface area (Å²) in [6.45, 7) is 6.70. The number of imidazole rings is 1. The maximum absolute atomic E-state index is 11.6. The van der Waals surface area contributed by atoms with E-state index < -0.39 is 0 Å². The van der Waals surface area contributed by atoms with Crippen molar-refractivity contribution >= 4 is 11.6 Å². The van der Waals surface area contributed by atoms with E-state index in [0.717, 1.165) is 11.3 Å². The molecular weight excluding hydrogens is 242 g/mol. The summed E-state index contributed by atoms with van der Waals surface area (Å²) < 4.78 is 7.42. The highest BCUT2D eigenvalue weighted by Gasteiger charge is 2.08. The molecule has 2 aromatic heterocycles. The molecule has 2 aromatic rings. The van der Waals surface area contributed by atoms with E-state index in [-0.39, 0.29) is 12.5 Å². The molecule has 19 heavy (non-hydrogen) atoms. The Morgan fingerprint density at radius 1 is 1.53 bits per heavy atom. The van der Waals surface area contributed by atoms with Crippen LogP contribution < -0.4 is 10.1 Å². The van der Waals surface area contributed by atoms with Crippen LogP contribution in [0.2, 0.25) is 0 Å². The van der Waals surface area contributed by atoms with E-state index in [1.54, 1.807) is 0 Å². The second-order valence-corrected chi connectivity index (χ2v) is 4.97. The van der Waals surface area contributed by atoms with Crippen molar-refractivity contribution < 1.29 is 9.53 Å².